The van der Waals surface area contributed by atoms with Crippen LogP contribution in [-0.2, 0) is 0 Å². The molecular formula is C15H18N3O4+. The Morgan fingerprint density at radius 2 is 2.14 bits per heavy atom. The number of ether oxygens (including phenoxy) is 1. The van der Waals surface area contributed by atoms with Gasteiger partial charge in [0.2, 0.25) is 0 Å². The number of aliphatic hydroxyl groups excluding tert-OH is 1. The van der Waals surface area contributed by atoms with Crippen molar-refractivity contribution in [3.8, 4) is 11.5 Å². The number of aliphatic hydroxyl groups is 1. The van der Waals surface area contributed by atoms with Gasteiger partial charge in [-0.15, -0.1) is 0 Å². The van der Waals surface area contributed by atoms with Gasteiger partial charge >= 0.3 is 0 Å². The zero-order valence-corrected chi connectivity index (χ0v) is 12.3. The fraction of sp³-hybridized carbons (Fsp3) is 0.267. The van der Waals surface area contributed by atoms with Gasteiger partial charge in [-0.3, -0.25) is 9.78 Å². The maximum Gasteiger partial charge on any atom is 0.258 e. The predicted octanol–water partition coefficient (Wildman–Crippen LogP) is 1.23. The Bertz CT molecular complexity index is 658. The number of hydrogen-bond donors (Lipinski definition) is 2. The van der Waals surface area contributed by atoms with Gasteiger partial charge in [0, 0.05) is 6.07 Å². The third-order valence-corrected chi connectivity index (χ3v) is 2.79. The lowest BCUT2D eigenvalue weighted by Gasteiger charge is -2.12. The van der Waals surface area contributed by atoms with Crippen LogP contribution in [0.5, 0.6) is 11.5 Å². The molecule has 116 valence electrons. The minimum Gasteiger partial charge on any atom is -0.593 e. The average Bonchev–Trinajstić information content (AvgIpc) is 2.48. The van der Waals surface area contributed by atoms with Gasteiger partial charge in [-0.1, -0.05) is 0 Å². The molecule has 0 aliphatic heterocycles. The molecule has 7 heteroatoms. The Morgan fingerprint density at radius 3 is 2.77 bits per heavy atom. The molecule has 0 unspecified atom stereocenters. The molecule has 0 spiro atoms. The molecule has 7 nitrogen and oxygen atoms in total. The Balaban J connectivity index is 2.16. The number of aromatic nitrogens is 2. The number of aryl methyl sites for hydroxylation is 1. The van der Waals surface area contributed by atoms with Crippen LogP contribution in [0.3, 0.4) is 0 Å². The maximum absolute atomic E-state index is 12.2. The molecule has 1 aromatic heterocycles. The first-order valence-corrected chi connectivity index (χ1v) is 6.72. The van der Waals surface area contributed by atoms with E-state index in [1.54, 1.807) is 20.0 Å². The van der Waals surface area contributed by atoms with E-state index in [4.69, 9.17) is 14.9 Å². The van der Waals surface area contributed by atoms with E-state index < -0.39 is 12.0 Å². The number of amides is 1. The Kier molecular flexibility index (Phi) is 4.90. The van der Waals surface area contributed by atoms with Gasteiger partial charge in [0.15, 0.2) is 5.82 Å². The zero-order valence-electron chi connectivity index (χ0n) is 12.3. The van der Waals surface area contributed by atoms with Crippen molar-refractivity contribution in [1.82, 2.24) is 9.97 Å². The van der Waals surface area contributed by atoms with Crippen molar-refractivity contribution in [3.05, 3.63) is 41.9 Å². The summed E-state index contributed by atoms with van der Waals surface area (Å²) in [5.74, 6) is 0.419. The number of carbonyl (C=O) groups is 1. The fourth-order valence-corrected chi connectivity index (χ4v) is 1.71. The van der Waals surface area contributed by atoms with E-state index in [2.05, 4.69) is 15.3 Å². The van der Waals surface area contributed by atoms with E-state index in [1.165, 1.54) is 24.4 Å². The molecule has 2 rings (SSSR count). The maximum atomic E-state index is 12.2. The normalized spacial score (nSPS) is 11.8. The molecule has 0 aliphatic carbocycles. The average molecular weight is 304 g/mol. The van der Waals surface area contributed by atoms with Gasteiger partial charge in [-0.25, -0.2) is 4.98 Å². The van der Waals surface area contributed by atoms with E-state index in [1.807, 2.05) is 0 Å². The second-order valence-electron chi connectivity index (χ2n) is 4.85. The molecule has 0 aliphatic rings. The summed E-state index contributed by atoms with van der Waals surface area (Å²) in [6.07, 6.45) is 2.59. The van der Waals surface area contributed by atoms with Crippen molar-refractivity contribution in [2.24, 2.45) is 0 Å². The molecule has 22 heavy (non-hydrogen) atoms. The van der Waals surface area contributed by atoms with E-state index in [0.717, 1.165) is 5.69 Å². The monoisotopic (exact) mass is 304 g/mol. The van der Waals surface area contributed by atoms with E-state index in [0.29, 0.717) is 11.6 Å². The molecule has 0 fully saturated rings. The van der Waals surface area contributed by atoms with Crippen molar-refractivity contribution in [2.75, 3.05) is 11.9 Å². The third-order valence-electron chi connectivity index (χ3n) is 2.79. The highest BCUT2D eigenvalue weighted by Crippen LogP contribution is 2.23. The lowest BCUT2D eigenvalue weighted by Crippen LogP contribution is -2.17. The molecule has 1 aromatic carbocycles. The predicted molar refractivity (Wildman–Crippen MR) is 81.4 cm³/mol. The smallest absolute Gasteiger partial charge is 0.258 e. The summed E-state index contributed by atoms with van der Waals surface area (Å²) in [5.41, 5.74) is 1.02. The second kappa shape index (κ2) is 6.86. The van der Waals surface area contributed by atoms with Crippen LogP contribution >= 0.6 is 0 Å². The van der Waals surface area contributed by atoms with Gasteiger partial charge in [-0.05, 0) is 19.9 Å². The molecular weight excluding hydrogens is 286 g/mol. The van der Waals surface area contributed by atoms with E-state index in [-0.39, 0.29) is 17.9 Å². The van der Waals surface area contributed by atoms with Crippen LogP contribution in [0.2, 0.25) is 0 Å². The minimum absolute atomic E-state index is 0.141. The lowest BCUT2D eigenvalue weighted by atomic mass is 10.2. The minimum atomic E-state index is -0.416. The van der Waals surface area contributed by atoms with E-state index >= 15 is 0 Å². The highest BCUT2D eigenvalue weighted by molar-refractivity contribution is 6.04. The fourth-order valence-electron chi connectivity index (χ4n) is 1.71. The quantitative estimate of drug-likeness (QED) is 0.808. The number of rotatable bonds is 5. The molecule has 4 N–H and O–H groups in total. The van der Waals surface area contributed by atoms with Crippen molar-refractivity contribution in [2.45, 2.75) is 20.0 Å². The molecule has 0 bridgehead atoms. The first-order valence-electron chi connectivity index (χ1n) is 6.72. The molecule has 1 heterocycles. The summed E-state index contributed by atoms with van der Waals surface area (Å²) in [6, 6.07) is 4.42. The number of hydrogen-bond acceptors (Lipinski definition) is 5. The SMILES string of the molecule is Cc1cnc(NC(=O)c2cc([OH2+])cc(O[C@@H](C)CO)c2)cn1. The van der Waals surface area contributed by atoms with E-state index in [9.17, 15) is 4.79 Å². The number of nitrogens with zero attached hydrogens (tertiary/aromatic N) is 2. The zero-order chi connectivity index (χ0) is 16.1. The van der Waals surface area contributed by atoms with Crippen LogP contribution in [0.15, 0.2) is 30.6 Å². The van der Waals surface area contributed by atoms with Crippen molar-refractivity contribution < 1.29 is 19.7 Å². The van der Waals surface area contributed by atoms with Crippen LogP contribution in [0, 0.1) is 6.92 Å². The summed E-state index contributed by atoms with van der Waals surface area (Å²) in [4.78, 5) is 20.3. The van der Waals surface area contributed by atoms with Crippen LogP contribution in [-0.4, -0.2) is 38.8 Å². The Hall–Kier alpha value is -2.67. The summed E-state index contributed by atoms with van der Waals surface area (Å²) in [6.45, 7) is 3.34. The molecule has 1 atom stereocenters. The summed E-state index contributed by atoms with van der Waals surface area (Å²) >= 11 is 0. The Labute approximate surface area is 127 Å². The summed E-state index contributed by atoms with van der Waals surface area (Å²) in [7, 11) is 0. The van der Waals surface area contributed by atoms with Crippen LogP contribution < -0.4 is 10.1 Å². The number of carbonyl (C=O) groups excluding carboxylic acids is 1. The molecule has 0 radical (unpaired) electrons. The number of nitrogens with one attached hydrogen (secondary N) is 1. The standard InChI is InChI=1S/C15H17N3O4/c1-9-6-17-14(7-16-9)18-15(21)11-3-12(20)5-13(4-11)22-10(2)8-19/h3-7,10,19-20H,8H2,1-2H3,(H,17,18,21)/p+1/t10-/m0/s1. The van der Waals surface area contributed by atoms with Crippen LogP contribution in [0.25, 0.3) is 0 Å². The van der Waals surface area contributed by atoms with Crippen molar-refractivity contribution in [1.29, 1.82) is 0 Å². The van der Waals surface area contributed by atoms with Crippen LogP contribution in [0.1, 0.15) is 23.0 Å². The number of benzene rings is 1. The second-order valence-corrected chi connectivity index (χ2v) is 4.85. The highest BCUT2D eigenvalue weighted by Gasteiger charge is 2.13. The van der Waals surface area contributed by atoms with Crippen molar-refractivity contribution >= 4 is 11.7 Å². The highest BCUT2D eigenvalue weighted by atomic mass is 16.5. The first kappa shape index (κ1) is 15.7. The molecule has 0 saturated heterocycles. The largest absolute Gasteiger partial charge is 0.593 e. The summed E-state index contributed by atoms with van der Waals surface area (Å²) in [5, 5.41) is 19.3. The van der Waals surface area contributed by atoms with Crippen LogP contribution in [0.4, 0.5) is 5.82 Å². The first-order chi connectivity index (χ1) is 10.5. The van der Waals surface area contributed by atoms with Gasteiger partial charge in [0.1, 0.15) is 11.9 Å². The van der Waals surface area contributed by atoms with Gasteiger partial charge < -0.3 is 20.3 Å². The molecule has 1 amide bonds. The number of anilines is 1. The summed E-state index contributed by atoms with van der Waals surface area (Å²) < 4.78 is 5.42. The topological polar surface area (TPSA) is 107 Å². The third kappa shape index (κ3) is 4.16. The molecule has 0 saturated carbocycles. The molecule has 2 aromatic rings. The van der Waals surface area contributed by atoms with Crippen molar-refractivity contribution in [3.63, 3.8) is 0 Å². The Morgan fingerprint density at radius 1 is 1.36 bits per heavy atom. The van der Waals surface area contributed by atoms with Gasteiger partial charge in [0.25, 0.3) is 11.7 Å². The van der Waals surface area contributed by atoms with Gasteiger partial charge in [0.05, 0.1) is 36.3 Å². The lowest BCUT2D eigenvalue weighted by molar-refractivity contribution is 0.102. The van der Waals surface area contributed by atoms with Gasteiger partial charge in [-0.2, -0.15) is 0 Å².